The van der Waals surface area contributed by atoms with Crippen molar-refractivity contribution in [3.63, 3.8) is 0 Å². The average Bonchev–Trinajstić information content (AvgIpc) is 2.44. The third kappa shape index (κ3) is 2.81. The largest absolute Gasteiger partial charge is 0.454 e. The van der Waals surface area contributed by atoms with Crippen molar-refractivity contribution in [3.05, 3.63) is 24.3 Å². The molecule has 1 aliphatic rings. The number of rotatable bonds is 4. The Hall–Kier alpha value is -1.38. The fraction of sp³-hybridized carbons (Fsp3) is 0.538. The lowest BCUT2D eigenvalue weighted by Crippen LogP contribution is -2.36. The summed E-state index contributed by atoms with van der Waals surface area (Å²) >= 11 is 0. The van der Waals surface area contributed by atoms with Crippen LogP contribution in [0.15, 0.2) is 24.3 Å². The van der Waals surface area contributed by atoms with Crippen molar-refractivity contribution in [2.75, 3.05) is 0 Å². The number of esters is 1. The molecule has 3 heteroatoms. The van der Waals surface area contributed by atoms with E-state index in [0.29, 0.717) is 0 Å². The van der Waals surface area contributed by atoms with Crippen LogP contribution in [0.25, 0.3) is 0 Å². The molecule has 0 aromatic rings. The average molecular weight is 222 g/mol. The van der Waals surface area contributed by atoms with Crippen molar-refractivity contribution in [2.45, 2.75) is 39.2 Å². The number of ether oxygens (including phenoxy) is 1. The Labute approximate surface area is 96.2 Å². The van der Waals surface area contributed by atoms with Gasteiger partial charge in [-0.1, -0.05) is 25.5 Å². The zero-order valence-corrected chi connectivity index (χ0v) is 10.0. The van der Waals surface area contributed by atoms with Crippen LogP contribution in [0, 0.1) is 5.92 Å². The first-order valence-corrected chi connectivity index (χ1v) is 5.59. The van der Waals surface area contributed by atoms with Crippen LogP contribution in [0.2, 0.25) is 0 Å². The number of hydrogen-bond donors (Lipinski definition) is 0. The lowest BCUT2D eigenvalue weighted by Gasteiger charge is -2.27. The van der Waals surface area contributed by atoms with E-state index in [4.69, 9.17) is 4.74 Å². The molecule has 0 heterocycles. The van der Waals surface area contributed by atoms with Crippen molar-refractivity contribution < 1.29 is 14.3 Å². The van der Waals surface area contributed by atoms with E-state index < -0.39 is 5.60 Å². The molecule has 2 unspecified atom stereocenters. The number of hydrogen-bond acceptors (Lipinski definition) is 3. The number of carbonyl (C=O) groups excluding carboxylic acids is 2. The van der Waals surface area contributed by atoms with Gasteiger partial charge >= 0.3 is 5.97 Å². The van der Waals surface area contributed by atoms with Crippen molar-refractivity contribution in [1.82, 2.24) is 0 Å². The molecular formula is C13H18O3. The van der Waals surface area contributed by atoms with E-state index in [-0.39, 0.29) is 17.7 Å². The fourth-order valence-electron chi connectivity index (χ4n) is 1.83. The summed E-state index contributed by atoms with van der Waals surface area (Å²) in [4.78, 5) is 22.6. The quantitative estimate of drug-likeness (QED) is 0.542. The van der Waals surface area contributed by atoms with E-state index in [2.05, 4.69) is 6.92 Å². The Kier molecular flexibility index (Phi) is 4.05. The first-order chi connectivity index (χ1) is 7.49. The molecule has 0 saturated heterocycles. The summed E-state index contributed by atoms with van der Waals surface area (Å²) in [5.41, 5.74) is -0.812. The SMILES string of the molecule is CCC/C=C\C1C(=O)C=CC1(C)OC(C)=O. The molecule has 0 spiro atoms. The minimum Gasteiger partial charge on any atom is -0.454 e. The van der Waals surface area contributed by atoms with Crippen molar-refractivity contribution in [3.8, 4) is 0 Å². The van der Waals surface area contributed by atoms with Crippen LogP contribution < -0.4 is 0 Å². The third-order valence-corrected chi connectivity index (χ3v) is 2.65. The highest BCUT2D eigenvalue weighted by Crippen LogP contribution is 2.31. The van der Waals surface area contributed by atoms with Crippen LogP contribution >= 0.6 is 0 Å². The van der Waals surface area contributed by atoms with E-state index in [0.717, 1.165) is 12.8 Å². The van der Waals surface area contributed by atoms with Gasteiger partial charge in [-0.25, -0.2) is 0 Å². The smallest absolute Gasteiger partial charge is 0.303 e. The van der Waals surface area contributed by atoms with Gasteiger partial charge in [-0.3, -0.25) is 9.59 Å². The van der Waals surface area contributed by atoms with Gasteiger partial charge in [0.1, 0.15) is 5.60 Å². The molecule has 0 saturated carbocycles. The Morgan fingerprint density at radius 1 is 1.62 bits per heavy atom. The summed E-state index contributed by atoms with van der Waals surface area (Å²) < 4.78 is 5.21. The first-order valence-electron chi connectivity index (χ1n) is 5.59. The molecule has 2 atom stereocenters. The van der Waals surface area contributed by atoms with Gasteiger partial charge in [-0.05, 0) is 25.5 Å². The highest BCUT2D eigenvalue weighted by Gasteiger charge is 2.41. The summed E-state index contributed by atoms with van der Waals surface area (Å²) in [6, 6.07) is 0. The van der Waals surface area contributed by atoms with E-state index >= 15 is 0 Å². The minimum absolute atomic E-state index is 0.00361. The number of unbranched alkanes of at least 4 members (excludes halogenated alkanes) is 1. The monoisotopic (exact) mass is 222 g/mol. The zero-order chi connectivity index (χ0) is 12.2. The molecular weight excluding hydrogens is 204 g/mol. The van der Waals surface area contributed by atoms with Crippen LogP contribution in [0.3, 0.4) is 0 Å². The van der Waals surface area contributed by atoms with Gasteiger partial charge in [0, 0.05) is 6.92 Å². The third-order valence-electron chi connectivity index (χ3n) is 2.65. The van der Waals surface area contributed by atoms with Crippen molar-refractivity contribution in [1.29, 1.82) is 0 Å². The lowest BCUT2D eigenvalue weighted by molar-refractivity contribution is -0.154. The second kappa shape index (κ2) is 5.10. The predicted octanol–water partition coefficient (Wildman–Crippen LogP) is 2.42. The number of ketones is 1. The van der Waals surface area contributed by atoms with Gasteiger partial charge in [-0.15, -0.1) is 0 Å². The Balaban J connectivity index is 2.79. The first kappa shape index (κ1) is 12.7. The molecule has 16 heavy (non-hydrogen) atoms. The second-order valence-corrected chi connectivity index (χ2v) is 4.21. The highest BCUT2D eigenvalue weighted by atomic mass is 16.6. The molecule has 0 radical (unpaired) electrons. The lowest BCUT2D eigenvalue weighted by atomic mass is 9.91. The molecule has 0 aliphatic heterocycles. The molecule has 1 aliphatic carbocycles. The van der Waals surface area contributed by atoms with Crippen molar-refractivity contribution >= 4 is 11.8 Å². The standard InChI is InChI=1S/C13H18O3/c1-4-5-6-7-11-12(15)8-9-13(11,3)16-10(2)14/h6-9,11H,4-5H2,1-3H3/b7-6-. The summed E-state index contributed by atoms with van der Waals surface area (Å²) in [5.74, 6) is -0.741. The number of carbonyl (C=O) groups is 2. The Morgan fingerprint density at radius 2 is 2.31 bits per heavy atom. The van der Waals surface area contributed by atoms with Gasteiger partial charge < -0.3 is 4.74 Å². The van der Waals surface area contributed by atoms with Gasteiger partial charge in [0.05, 0.1) is 5.92 Å². The second-order valence-electron chi connectivity index (χ2n) is 4.21. The van der Waals surface area contributed by atoms with E-state index in [1.807, 2.05) is 12.2 Å². The van der Waals surface area contributed by atoms with E-state index in [1.54, 1.807) is 13.0 Å². The van der Waals surface area contributed by atoms with E-state index in [9.17, 15) is 9.59 Å². The molecule has 1 rings (SSSR count). The summed E-state index contributed by atoms with van der Waals surface area (Å²) in [7, 11) is 0. The Bertz CT molecular complexity index is 341. The van der Waals surface area contributed by atoms with Crippen LogP contribution in [-0.4, -0.2) is 17.4 Å². The summed E-state index contributed by atoms with van der Waals surface area (Å²) in [5, 5.41) is 0. The molecule has 3 nitrogen and oxygen atoms in total. The van der Waals surface area contributed by atoms with Crippen LogP contribution in [0.1, 0.15) is 33.6 Å². The Morgan fingerprint density at radius 3 is 2.88 bits per heavy atom. The van der Waals surface area contributed by atoms with Crippen LogP contribution in [0.5, 0.6) is 0 Å². The molecule has 0 N–H and O–H groups in total. The number of allylic oxidation sites excluding steroid dienone is 2. The molecule has 0 aromatic heterocycles. The van der Waals surface area contributed by atoms with E-state index in [1.165, 1.54) is 13.0 Å². The zero-order valence-electron chi connectivity index (χ0n) is 10.0. The molecule has 0 bridgehead atoms. The maximum absolute atomic E-state index is 11.6. The highest BCUT2D eigenvalue weighted by molar-refractivity contribution is 5.97. The molecule has 0 fully saturated rings. The van der Waals surface area contributed by atoms with Crippen LogP contribution in [0.4, 0.5) is 0 Å². The molecule has 0 amide bonds. The summed E-state index contributed by atoms with van der Waals surface area (Å²) in [6.45, 7) is 5.19. The topological polar surface area (TPSA) is 43.4 Å². The van der Waals surface area contributed by atoms with Crippen LogP contribution in [-0.2, 0) is 14.3 Å². The molecule has 0 aromatic carbocycles. The van der Waals surface area contributed by atoms with Gasteiger partial charge in [0.2, 0.25) is 0 Å². The van der Waals surface area contributed by atoms with Gasteiger partial charge in [-0.2, -0.15) is 0 Å². The van der Waals surface area contributed by atoms with Crippen molar-refractivity contribution in [2.24, 2.45) is 5.92 Å². The predicted molar refractivity (Wildman–Crippen MR) is 61.9 cm³/mol. The van der Waals surface area contributed by atoms with Gasteiger partial charge in [0.25, 0.3) is 0 Å². The molecule has 88 valence electrons. The summed E-state index contributed by atoms with van der Waals surface area (Å²) in [6.07, 6.45) is 8.93. The fourth-order valence-corrected chi connectivity index (χ4v) is 1.83. The normalized spacial score (nSPS) is 28.9. The maximum Gasteiger partial charge on any atom is 0.303 e. The minimum atomic E-state index is -0.812. The van der Waals surface area contributed by atoms with Gasteiger partial charge in [0.15, 0.2) is 5.78 Å². The maximum atomic E-state index is 11.6.